The van der Waals surface area contributed by atoms with Crippen LogP contribution in [0.5, 0.6) is 0 Å². The Bertz CT molecular complexity index is 1160. The zero-order valence-electron chi connectivity index (χ0n) is 22.1. The molecule has 0 aliphatic heterocycles. The summed E-state index contributed by atoms with van der Waals surface area (Å²) in [7, 11) is 0. The first-order chi connectivity index (χ1) is 17.8. The Balaban J connectivity index is 2.36. The van der Waals surface area contributed by atoms with Gasteiger partial charge in [-0.15, -0.1) is 0 Å². The van der Waals surface area contributed by atoms with Gasteiger partial charge in [-0.25, -0.2) is 4.79 Å². The molecule has 0 saturated heterocycles. The van der Waals surface area contributed by atoms with Gasteiger partial charge >= 0.3 is 5.97 Å². The van der Waals surface area contributed by atoms with E-state index in [1.807, 2.05) is 24.3 Å². The first-order valence-electron chi connectivity index (χ1n) is 12.6. The Morgan fingerprint density at radius 3 is 2.13 bits per heavy atom. The average Bonchev–Trinajstić information content (AvgIpc) is 3.27. The van der Waals surface area contributed by atoms with Gasteiger partial charge in [0.15, 0.2) is 0 Å². The van der Waals surface area contributed by atoms with Crippen LogP contribution in [0.15, 0.2) is 30.5 Å². The van der Waals surface area contributed by atoms with Crippen LogP contribution in [0.1, 0.15) is 46.1 Å². The standard InChI is InChI=1S/C26H38N6O6/c1-5-14(4)22(26(37)38)32-24(35)18(10-15-12-29-17-9-7-6-8-16(15)17)30-23(34)19(11-20(27)33)31-25(36)21(28)13(2)3/h6-9,12-14,18-19,21-22,29H,5,10-11,28H2,1-4H3,(H2,27,33)(H,30,34)(H,31,36)(H,32,35)(H,37,38). The fourth-order valence-corrected chi connectivity index (χ4v) is 3.92. The Kier molecular flexibility index (Phi) is 10.8. The number of nitrogens with two attached hydrogens (primary N) is 2. The van der Waals surface area contributed by atoms with E-state index in [-0.39, 0.29) is 18.3 Å². The van der Waals surface area contributed by atoms with Crippen molar-refractivity contribution in [1.29, 1.82) is 0 Å². The predicted octanol–water partition coefficient (Wildman–Crippen LogP) is 0.154. The van der Waals surface area contributed by atoms with Crippen molar-refractivity contribution in [3.63, 3.8) is 0 Å². The summed E-state index contributed by atoms with van der Waals surface area (Å²) in [6.45, 7) is 6.95. The molecule has 12 heteroatoms. The van der Waals surface area contributed by atoms with E-state index in [4.69, 9.17) is 11.5 Å². The molecule has 5 atom stereocenters. The fraction of sp³-hybridized carbons (Fsp3) is 0.500. The van der Waals surface area contributed by atoms with Gasteiger partial charge in [-0.05, 0) is 23.5 Å². The number of aromatic amines is 1. The highest BCUT2D eigenvalue weighted by atomic mass is 16.4. The highest BCUT2D eigenvalue weighted by molar-refractivity contribution is 5.96. The summed E-state index contributed by atoms with van der Waals surface area (Å²) in [4.78, 5) is 65.7. The molecule has 208 valence electrons. The third kappa shape index (κ3) is 8.04. The number of benzene rings is 1. The topological polar surface area (TPSA) is 210 Å². The van der Waals surface area contributed by atoms with Gasteiger partial charge in [0.25, 0.3) is 0 Å². The normalized spacial score (nSPS) is 15.2. The summed E-state index contributed by atoms with van der Waals surface area (Å²) in [5.74, 6) is -4.86. The highest BCUT2D eigenvalue weighted by Gasteiger charge is 2.33. The minimum Gasteiger partial charge on any atom is -0.480 e. The molecule has 2 rings (SSSR count). The SMILES string of the molecule is CCC(C)C(NC(=O)C(Cc1c[nH]c2ccccc12)NC(=O)C(CC(N)=O)NC(=O)C(N)C(C)C)C(=O)O. The number of aromatic nitrogens is 1. The van der Waals surface area contributed by atoms with Crippen molar-refractivity contribution in [2.45, 2.75) is 71.1 Å². The molecule has 0 bridgehead atoms. The number of carboxylic acids is 1. The molecule has 0 aliphatic carbocycles. The minimum absolute atomic E-state index is 0.0111. The Morgan fingerprint density at radius 2 is 1.55 bits per heavy atom. The Labute approximate surface area is 221 Å². The van der Waals surface area contributed by atoms with Crippen molar-refractivity contribution in [3.05, 3.63) is 36.0 Å². The van der Waals surface area contributed by atoms with Gasteiger partial charge in [0.2, 0.25) is 23.6 Å². The lowest BCUT2D eigenvalue weighted by Gasteiger charge is -2.26. The molecule has 4 amide bonds. The summed E-state index contributed by atoms with van der Waals surface area (Å²) in [6, 6.07) is 2.65. The number of hydrogen-bond acceptors (Lipinski definition) is 6. The molecule has 38 heavy (non-hydrogen) atoms. The molecule has 5 unspecified atom stereocenters. The summed E-state index contributed by atoms with van der Waals surface area (Å²) in [5.41, 5.74) is 12.7. The largest absolute Gasteiger partial charge is 0.480 e. The van der Waals surface area contributed by atoms with Crippen molar-refractivity contribution in [1.82, 2.24) is 20.9 Å². The molecule has 2 aromatic rings. The Morgan fingerprint density at radius 1 is 0.947 bits per heavy atom. The third-order valence-corrected chi connectivity index (χ3v) is 6.57. The van der Waals surface area contributed by atoms with Gasteiger partial charge in [-0.1, -0.05) is 52.3 Å². The second kappa shape index (κ2) is 13.6. The van der Waals surface area contributed by atoms with Crippen LogP contribution in [0, 0.1) is 11.8 Å². The number of aliphatic carboxylic acids is 1. The van der Waals surface area contributed by atoms with Gasteiger partial charge in [0, 0.05) is 23.5 Å². The maximum absolute atomic E-state index is 13.3. The van der Waals surface area contributed by atoms with Crippen LogP contribution >= 0.6 is 0 Å². The first-order valence-corrected chi connectivity index (χ1v) is 12.6. The molecule has 0 radical (unpaired) electrons. The van der Waals surface area contributed by atoms with Gasteiger partial charge in [-0.2, -0.15) is 0 Å². The molecule has 12 nitrogen and oxygen atoms in total. The second-order valence-corrected chi connectivity index (χ2v) is 9.84. The summed E-state index contributed by atoms with van der Waals surface area (Å²) in [6.07, 6.45) is 1.69. The number of hydrogen-bond donors (Lipinski definition) is 7. The number of fused-ring (bicyclic) bond motifs is 1. The number of rotatable bonds is 14. The van der Waals surface area contributed by atoms with Gasteiger partial charge < -0.3 is 37.5 Å². The maximum atomic E-state index is 13.3. The molecule has 1 aromatic carbocycles. The van der Waals surface area contributed by atoms with E-state index in [2.05, 4.69) is 20.9 Å². The number of amides is 4. The third-order valence-electron chi connectivity index (χ3n) is 6.57. The van der Waals surface area contributed by atoms with Crippen LogP contribution in [0.2, 0.25) is 0 Å². The smallest absolute Gasteiger partial charge is 0.326 e. The quantitative estimate of drug-likeness (QED) is 0.180. The molecule has 0 spiro atoms. The number of carboxylic acid groups (broad SMARTS) is 1. The lowest BCUT2D eigenvalue weighted by Crippen LogP contribution is -2.59. The van der Waals surface area contributed by atoms with Crippen LogP contribution in [0.4, 0.5) is 0 Å². The maximum Gasteiger partial charge on any atom is 0.326 e. The van der Waals surface area contributed by atoms with Crippen molar-refractivity contribution in [2.24, 2.45) is 23.3 Å². The number of nitrogens with one attached hydrogen (secondary N) is 4. The van der Waals surface area contributed by atoms with E-state index in [0.717, 1.165) is 10.9 Å². The lowest BCUT2D eigenvalue weighted by molar-refractivity contribution is -0.144. The van der Waals surface area contributed by atoms with E-state index in [0.29, 0.717) is 12.0 Å². The van der Waals surface area contributed by atoms with E-state index in [9.17, 15) is 29.1 Å². The van der Waals surface area contributed by atoms with E-state index >= 15 is 0 Å². The zero-order valence-corrected chi connectivity index (χ0v) is 22.1. The fourth-order valence-electron chi connectivity index (χ4n) is 3.92. The van der Waals surface area contributed by atoms with Crippen molar-refractivity contribution in [2.75, 3.05) is 0 Å². The van der Waals surface area contributed by atoms with Gasteiger partial charge in [0.1, 0.15) is 18.1 Å². The molecule has 9 N–H and O–H groups in total. The van der Waals surface area contributed by atoms with Crippen LogP contribution in [-0.2, 0) is 30.4 Å². The number of para-hydroxylation sites is 1. The summed E-state index contributed by atoms with van der Waals surface area (Å²) in [5, 5.41) is 18.0. The number of H-pyrrole nitrogens is 1. The van der Waals surface area contributed by atoms with Gasteiger partial charge in [0.05, 0.1) is 12.5 Å². The zero-order chi connectivity index (χ0) is 28.6. The van der Waals surface area contributed by atoms with E-state index in [1.165, 1.54) is 0 Å². The number of primary amides is 1. The molecular weight excluding hydrogens is 492 g/mol. The first kappa shape index (κ1) is 30.3. The van der Waals surface area contributed by atoms with Crippen molar-refractivity contribution < 1.29 is 29.1 Å². The molecular formula is C26H38N6O6. The van der Waals surface area contributed by atoms with Gasteiger partial charge in [-0.3, -0.25) is 19.2 Å². The minimum atomic E-state index is -1.38. The van der Waals surface area contributed by atoms with E-state index in [1.54, 1.807) is 33.9 Å². The second-order valence-electron chi connectivity index (χ2n) is 9.84. The van der Waals surface area contributed by atoms with Crippen LogP contribution < -0.4 is 27.4 Å². The predicted molar refractivity (Wildman–Crippen MR) is 142 cm³/mol. The molecule has 0 aliphatic rings. The number of carbonyl (C=O) groups excluding carboxylic acids is 4. The summed E-state index contributed by atoms with van der Waals surface area (Å²) < 4.78 is 0. The van der Waals surface area contributed by atoms with Crippen LogP contribution in [0.3, 0.4) is 0 Å². The van der Waals surface area contributed by atoms with E-state index < -0.39 is 60.2 Å². The molecule has 0 fully saturated rings. The molecule has 1 aromatic heterocycles. The average molecular weight is 531 g/mol. The Hall–Kier alpha value is -3.93. The highest BCUT2D eigenvalue weighted by Crippen LogP contribution is 2.19. The number of carbonyl (C=O) groups is 5. The van der Waals surface area contributed by atoms with Crippen LogP contribution in [0.25, 0.3) is 10.9 Å². The molecule has 0 saturated carbocycles. The lowest BCUT2D eigenvalue weighted by atomic mass is 9.97. The van der Waals surface area contributed by atoms with Crippen molar-refractivity contribution in [3.8, 4) is 0 Å². The monoisotopic (exact) mass is 530 g/mol. The summed E-state index contributed by atoms with van der Waals surface area (Å²) >= 11 is 0. The van der Waals surface area contributed by atoms with Crippen molar-refractivity contribution >= 4 is 40.5 Å². The van der Waals surface area contributed by atoms with Crippen LogP contribution in [-0.4, -0.2) is 63.9 Å². The molecule has 1 heterocycles.